The van der Waals surface area contributed by atoms with Gasteiger partial charge < -0.3 is 0 Å². The van der Waals surface area contributed by atoms with Gasteiger partial charge >= 0.3 is 0 Å². The molecule has 0 aliphatic rings. The van der Waals surface area contributed by atoms with Gasteiger partial charge in [-0.25, -0.2) is 4.61 Å². The first-order valence-corrected chi connectivity index (χ1v) is 6.75. The predicted octanol–water partition coefficient (Wildman–Crippen LogP) is 2.10. The molecule has 0 aromatic carbocycles. The van der Waals surface area contributed by atoms with E-state index in [1.54, 1.807) is 0 Å². The fourth-order valence-electron chi connectivity index (χ4n) is 0.0476. The van der Waals surface area contributed by atoms with Crippen LogP contribution in [0.1, 0.15) is 0 Å². The van der Waals surface area contributed by atoms with E-state index in [0.717, 1.165) is 0 Å². The van der Waals surface area contributed by atoms with Crippen molar-refractivity contribution < 1.29 is 0 Å². The van der Waals surface area contributed by atoms with Crippen LogP contribution in [0, 0.1) is 15.9 Å². The molecule has 0 amide bonds. The Kier molecular flexibility index (Phi) is 4.52. The average molecular weight is 340 g/mol. The molecule has 0 saturated carbocycles. The SMILES string of the molecule is N#CC(I)[SH](#N)I. The van der Waals surface area contributed by atoms with Crippen molar-refractivity contribution in [2.75, 3.05) is 0 Å². The molecule has 0 fully saturated rings. The van der Waals surface area contributed by atoms with Crippen LogP contribution in [0.5, 0.6) is 0 Å². The second kappa shape index (κ2) is 3.95. The van der Waals surface area contributed by atoms with E-state index in [4.69, 9.17) is 9.87 Å². The minimum Gasteiger partial charge on any atom is -0.221 e. The van der Waals surface area contributed by atoms with E-state index in [1.165, 1.54) is 0 Å². The summed E-state index contributed by atoms with van der Waals surface area (Å²) >= 11 is 3.76. The Bertz CT molecular complexity index is 151. The maximum atomic E-state index is 8.64. The second-order valence-corrected chi connectivity index (χ2v) is 7.04. The molecule has 0 aliphatic carbocycles. The summed E-state index contributed by atoms with van der Waals surface area (Å²) in [6, 6.07) is 1.92. The maximum absolute atomic E-state index is 8.64. The van der Waals surface area contributed by atoms with E-state index >= 15 is 0 Å². The quantitative estimate of drug-likeness (QED) is 0.417. The fraction of sp³-hybridized carbons (Fsp3) is 0.500. The van der Waals surface area contributed by atoms with Gasteiger partial charge in [0.2, 0.25) is 0 Å². The Hall–Kier alpha value is 1.01. The van der Waals surface area contributed by atoms with E-state index < -0.39 is 7.70 Å². The fourth-order valence-corrected chi connectivity index (χ4v) is 0.517. The van der Waals surface area contributed by atoms with Crippen LogP contribution in [-0.4, -0.2) is 3.26 Å². The molecule has 0 heterocycles. The van der Waals surface area contributed by atoms with Crippen molar-refractivity contribution in [3.8, 4) is 6.07 Å². The number of hydrogen-bond donors (Lipinski definition) is 1. The normalized spacial score (nSPS) is 17.1. The lowest BCUT2D eigenvalue weighted by Gasteiger charge is -1.86. The second-order valence-electron chi connectivity index (χ2n) is 0.754. The van der Waals surface area contributed by atoms with Gasteiger partial charge in [0.05, 0.1) is 6.07 Å². The number of hydrogen-bond acceptors (Lipinski definition) is 2. The number of halogens is 2. The van der Waals surface area contributed by atoms with E-state index in [9.17, 15) is 0 Å². The van der Waals surface area contributed by atoms with Gasteiger partial charge in [-0.05, 0) is 0 Å². The van der Waals surface area contributed by atoms with Crippen LogP contribution in [-0.2, 0) is 0 Å². The van der Waals surface area contributed by atoms with Crippen LogP contribution in [0.4, 0.5) is 0 Å². The molecule has 0 N–H and O–H groups in total. The maximum Gasteiger partial charge on any atom is 0.163 e. The predicted molar refractivity (Wildman–Crippen MR) is 48.2 cm³/mol. The summed E-state index contributed by atoms with van der Waals surface area (Å²) < 4.78 is 8.43. The summed E-state index contributed by atoms with van der Waals surface area (Å²) in [6.45, 7) is 0. The molecular weight excluding hydrogens is 338 g/mol. The highest BCUT2D eigenvalue weighted by Crippen LogP contribution is 2.28. The van der Waals surface area contributed by atoms with E-state index in [-0.39, 0.29) is 3.26 Å². The van der Waals surface area contributed by atoms with Crippen molar-refractivity contribution in [2.45, 2.75) is 3.26 Å². The highest BCUT2D eigenvalue weighted by molar-refractivity contribution is 14.2. The summed E-state index contributed by atoms with van der Waals surface area (Å²) in [5.74, 6) is 0. The van der Waals surface area contributed by atoms with Crippen molar-refractivity contribution in [1.29, 1.82) is 9.87 Å². The lowest BCUT2D eigenvalue weighted by Crippen LogP contribution is -1.76. The monoisotopic (exact) mass is 340 g/mol. The molecule has 0 saturated heterocycles. The summed E-state index contributed by atoms with van der Waals surface area (Å²) in [5.41, 5.74) is 0. The summed E-state index contributed by atoms with van der Waals surface area (Å²) in [7, 11) is -1.07. The van der Waals surface area contributed by atoms with Crippen molar-refractivity contribution in [3.63, 3.8) is 0 Å². The minimum absolute atomic E-state index is 0.215. The van der Waals surface area contributed by atoms with E-state index in [0.29, 0.717) is 0 Å². The smallest absolute Gasteiger partial charge is 0.163 e. The zero-order valence-corrected chi connectivity index (χ0v) is 8.38. The van der Waals surface area contributed by atoms with Gasteiger partial charge in [-0.15, -0.1) is 0 Å². The third kappa shape index (κ3) is 3.58. The minimum atomic E-state index is -1.07. The van der Waals surface area contributed by atoms with Crippen molar-refractivity contribution >= 4 is 51.5 Å². The summed E-state index contributed by atoms with van der Waals surface area (Å²) in [4.78, 5) is 0. The Morgan fingerprint density at radius 3 is 2.14 bits per heavy atom. The van der Waals surface area contributed by atoms with Gasteiger partial charge in [0, 0.05) is 28.9 Å². The molecule has 5 heteroatoms. The zero-order valence-electron chi connectivity index (χ0n) is 3.17. The van der Waals surface area contributed by atoms with Crippen LogP contribution in [0.15, 0.2) is 0 Å². The average Bonchev–Trinajstić information content (AvgIpc) is 1.65. The van der Waals surface area contributed by atoms with Crippen molar-refractivity contribution in [2.24, 2.45) is 0 Å². The molecular formula is C2H2I2N2S. The third-order valence-corrected chi connectivity index (χ3v) is 7.51. The van der Waals surface area contributed by atoms with Gasteiger partial charge in [0.25, 0.3) is 0 Å². The largest absolute Gasteiger partial charge is 0.221 e. The third-order valence-electron chi connectivity index (χ3n) is 0.294. The van der Waals surface area contributed by atoms with Gasteiger partial charge in [-0.3, -0.25) is 0 Å². The topological polar surface area (TPSA) is 47.6 Å². The first kappa shape index (κ1) is 8.01. The lowest BCUT2D eigenvalue weighted by molar-refractivity contribution is 1.48. The molecule has 2 atom stereocenters. The molecule has 2 unspecified atom stereocenters. The molecule has 0 aromatic heterocycles. The Labute approximate surface area is 69.9 Å². The molecule has 2 nitrogen and oxygen atoms in total. The van der Waals surface area contributed by atoms with Crippen molar-refractivity contribution in [3.05, 3.63) is 0 Å². The molecule has 0 radical (unpaired) electrons. The first-order valence-electron chi connectivity index (χ1n) is 1.36. The molecule has 0 aromatic rings. The molecule has 0 bridgehead atoms. The first-order chi connectivity index (χ1) is 3.18. The Balaban J connectivity index is 3.72. The van der Waals surface area contributed by atoms with Gasteiger partial charge in [0.1, 0.15) is 0 Å². The summed E-state index contributed by atoms with van der Waals surface area (Å²) in [6.07, 6.45) is 0. The molecule has 0 spiro atoms. The number of nitrogens with zero attached hydrogens (tertiary/aromatic N) is 2. The van der Waals surface area contributed by atoms with Crippen LogP contribution in [0.3, 0.4) is 0 Å². The Morgan fingerprint density at radius 1 is 1.71 bits per heavy atom. The van der Waals surface area contributed by atoms with Gasteiger partial charge in [-0.2, -0.15) is 5.26 Å². The van der Waals surface area contributed by atoms with E-state index in [1.807, 2.05) is 49.9 Å². The van der Waals surface area contributed by atoms with Crippen molar-refractivity contribution in [1.82, 2.24) is 0 Å². The number of rotatable bonds is 0. The van der Waals surface area contributed by atoms with Crippen LogP contribution in [0.2, 0.25) is 0 Å². The lowest BCUT2D eigenvalue weighted by atomic mass is 10.9. The number of thiol groups is 1. The van der Waals surface area contributed by atoms with E-state index in [2.05, 4.69) is 0 Å². The van der Waals surface area contributed by atoms with Gasteiger partial charge in [0.15, 0.2) is 3.26 Å². The highest BCUT2D eigenvalue weighted by Gasteiger charge is 1.99. The molecule has 40 valence electrons. The molecule has 0 rings (SSSR count). The molecule has 0 aliphatic heterocycles. The number of alkyl halides is 1. The van der Waals surface area contributed by atoms with Crippen LogP contribution in [0.25, 0.3) is 0 Å². The number of nitriles is 1. The van der Waals surface area contributed by atoms with Gasteiger partial charge in [-0.1, -0.05) is 22.6 Å². The molecule has 7 heavy (non-hydrogen) atoms. The van der Waals surface area contributed by atoms with Crippen LogP contribution >= 0.6 is 51.5 Å². The van der Waals surface area contributed by atoms with Crippen LogP contribution < -0.4 is 0 Å². The summed E-state index contributed by atoms with van der Waals surface area (Å²) in [5, 5.41) is 8.10. The standard InChI is InChI=1S/C2H2I2N2S/c3-2(1-5)7(4)6/h2,7H. The zero-order chi connectivity index (χ0) is 5.86. The highest BCUT2D eigenvalue weighted by atomic mass is 127. The Morgan fingerprint density at radius 2 is 2.14 bits per heavy atom.